The van der Waals surface area contributed by atoms with Crippen LogP contribution in [0.2, 0.25) is 0 Å². The van der Waals surface area contributed by atoms with Crippen molar-refractivity contribution in [2.45, 2.75) is 32.2 Å². The van der Waals surface area contributed by atoms with Crippen molar-refractivity contribution in [2.75, 3.05) is 0 Å². The van der Waals surface area contributed by atoms with Gasteiger partial charge < -0.3 is 4.79 Å². The van der Waals surface area contributed by atoms with E-state index in [0.29, 0.717) is 0 Å². The number of carbonyl (C=O) groups is 1. The molecule has 0 amide bonds. The van der Waals surface area contributed by atoms with Gasteiger partial charge in [0, 0.05) is 18.3 Å². The molecule has 0 radical (unpaired) electrons. The van der Waals surface area contributed by atoms with E-state index in [1.807, 2.05) is 30.3 Å². The minimum absolute atomic E-state index is 0.0254. The molecule has 0 aliphatic rings. The largest absolute Gasteiger partial charge is 0.300 e. The Hall–Kier alpha value is -1.71. The first-order valence-corrected chi connectivity index (χ1v) is 5.20. The standard InChI is InChI=1S/C12H15NO3/c1-9(14)8-12(10(2)13(15)16)11-6-4-3-5-7-11/h3-7,10,12H,8H2,1-2H3/t10-,12-/m1/s1. The Morgan fingerprint density at radius 2 is 1.94 bits per heavy atom. The minimum Gasteiger partial charge on any atom is -0.300 e. The fourth-order valence-electron chi connectivity index (χ4n) is 1.72. The predicted octanol–water partition coefficient (Wildman–Crippen LogP) is 2.41. The summed E-state index contributed by atoms with van der Waals surface area (Å²) in [5.41, 5.74) is 0.849. The summed E-state index contributed by atoms with van der Waals surface area (Å²) in [6.45, 7) is 3.00. The second kappa shape index (κ2) is 5.39. The molecule has 4 heteroatoms. The number of Topliss-reactive ketones (excluding diaryl/α,β-unsaturated/α-hetero) is 1. The molecule has 16 heavy (non-hydrogen) atoms. The monoisotopic (exact) mass is 221 g/mol. The van der Waals surface area contributed by atoms with E-state index >= 15 is 0 Å². The van der Waals surface area contributed by atoms with Crippen LogP contribution in [0, 0.1) is 10.1 Å². The summed E-state index contributed by atoms with van der Waals surface area (Å²) in [5.74, 6) is -0.365. The molecule has 0 aliphatic carbocycles. The van der Waals surface area contributed by atoms with Crippen LogP contribution in [0.5, 0.6) is 0 Å². The summed E-state index contributed by atoms with van der Waals surface area (Å²) in [7, 11) is 0. The Morgan fingerprint density at radius 1 is 1.38 bits per heavy atom. The Morgan fingerprint density at radius 3 is 2.38 bits per heavy atom. The molecule has 0 fully saturated rings. The summed E-state index contributed by atoms with van der Waals surface area (Å²) >= 11 is 0. The zero-order valence-electron chi connectivity index (χ0n) is 9.42. The predicted molar refractivity (Wildman–Crippen MR) is 60.9 cm³/mol. The van der Waals surface area contributed by atoms with Crippen molar-refractivity contribution in [1.29, 1.82) is 0 Å². The molecule has 1 rings (SSSR count). The van der Waals surface area contributed by atoms with Crippen LogP contribution in [-0.4, -0.2) is 16.7 Å². The molecule has 86 valence electrons. The first-order valence-electron chi connectivity index (χ1n) is 5.20. The molecule has 0 N–H and O–H groups in total. The van der Waals surface area contributed by atoms with Gasteiger partial charge in [-0.05, 0) is 12.5 Å². The highest BCUT2D eigenvalue weighted by molar-refractivity contribution is 5.76. The van der Waals surface area contributed by atoms with Gasteiger partial charge in [0.25, 0.3) is 0 Å². The normalized spacial score (nSPS) is 14.1. The van der Waals surface area contributed by atoms with E-state index in [0.717, 1.165) is 5.56 Å². The first-order chi connectivity index (χ1) is 7.52. The third-order valence-corrected chi connectivity index (χ3v) is 2.65. The first kappa shape index (κ1) is 12.4. The van der Waals surface area contributed by atoms with E-state index in [-0.39, 0.29) is 23.0 Å². The molecule has 1 aromatic carbocycles. The fraction of sp³-hybridized carbons (Fsp3) is 0.417. The van der Waals surface area contributed by atoms with Crippen molar-refractivity contribution in [3.05, 3.63) is 46.0 Å². The van der Waals surface area contributed by atoms with Gasteiger partial charge in [0.1, 0.15) is 5.78 Å². The molecule has 0 saturated carbocycles. The highest BCUT2D eigenvalue weighted by Gasteiger charge is 2.28. The second-order valence-electron chi connectivity index (χ2n) is 3.95. The maximum Gasteiger partial charge on any atom is 0.217 e. The Labute approximate surface area is 94.4 Å². The van der Waals surface area contributed by atoms with E-state index < -0.39 is 6.04 Å². The molecule has 0 spiro atoms. The van der Waals surface area contributed by atoms with Crippen LogP contribution in [0.1, 0.15) is 31.7 Å². The quantitative estimate of drug-likeness (QED) is 0.566. The maximum atomic E-state index is 11.1. The number of rotatable bonds is 5. The average Bonchev–Trinajstić information content (AvgIpc) is 2.26. The van der Waals surface area contributed by atoms with Gasteiger partial charge in [-0.2, -0.15) is 0 Å². The van der Waals surface area contributed by atoms with Gasteiger partial charge in [-0.1, -0.05) is 30.3 Å². The highest BCUT2D eigenvalue weighted by Crippen LogP contribution is 2.25. The number of carbonyl (C=O) groups excluding carboxylic acids is 1. The van der Waals surface area contributed by atoms with E-state index in [1.165, 1.54) is 6.92 Å². The lowest BCUT2D eigenvalue weighted by atomic mass is 9.88. The van der Waals surface area contributed by atoms with Crippen molar-refractivity contribution in [1.82, 2.24) is 0 Å². The van der Waals surface area contributed by atoms with Crippen LogP contribution >= 0.6 is 0 Å². The lowest BCUT2D eigenvalue weighted by molar-refractivity contribution is -0.522. The number of benzene rings is 1. The summed E-state index contributed by atoms with van der Waals surface area (Å²) in [6, 6.07) is 8.42. The van der Waals surface area contributed by atoms with E-state index in [9.17, 15) is 14.9 Å². The van der Waals surface area contributed by atoms with Crippen molar-refractivity contribution in [2.24, 2.45) is 0 Å². The van der Waals surface area contributed by atoms with Crippen molar-refractivity contribution >= 4 is 5.78 Å². The minimum atomic E-state index is -0.744. The lowest BCUT2D eigenvalue weighted by Crippen LogP contribution is -2.25. The zero-order valence-corrected chi connectivity index (χ0v) is 9.42. The molecular formula is C12H15NO3. The maximum absolute atomic E-state index is 11.1. The second-order valence-corrected chi connectivity index (χ2v) is 3.95. The van der Waals surface area contributed by atoms with Crippen LogP contribution in [0.25, 0.3) is 0 Å². The highest BCUT2D eigenvalue weighted by atomic mass is 16.6. The zero-order chi connectivity index (χ0) is 12.1. The van der Waals surface area contributed by atoms with Gasteiger partial charge in [-0.15, -0.1) is 0 Å². The SMILES string of the molecule is CC(=O)C[C@@H](c1ccccc1)[C@@H](C)[N+](=O)[O-]. The number of hydrogen-bond donors (Lipinski definition) is 0. The van der Waals surface area contributed by atoms with Gasteiger partial charge in [-0.25, -0.2) is 0 Å². The lowest BCUT2D eigenvalue weighted by Gasteiger charge is -2.17. The molecule has 0 saturated heterocycles. The van der Waals surface area contributed by atoms with Crippen LogP contribution < -0.4 is 0 Å². The summed E-state index contributed by atoms with van der Waals surface area (Å²) in [4.78, 5) is 21.6. The Kier molecular flexibility index (Phi) is 4.17. The van der Waals surface area contributed by atoms with E-state index in [4.69, 9.17) is 0 Å². The van der Waals surface area contributed by atoms with Gasteiger partial charge in [0.15, 0.2) is 0 Å². The number of nitro groups is 1. The summed E-state index contributed by atoms with van der Waals surface area (Å²) in [6.07, 6.45) is 0.214. The smallest absolute Gasteiger partial charge is 0.217 e. The number of nitrogens with zero attached hydrogens (tertiary/aromatic N) is 1. The molecule has 0 unspecified atom stereocenters. The molecule has 4 nitrogen and oxygen atoms in total. The average molecular weight is 221 g/mol. The molecule has 0 aromatic heterocycles. The van der Waals surface area contributed by atoms with Crippen LogP contribution in [0.15, 0.2) is 30.3 Å². The molecule has 2 atom stereocenters. The summed E-state index contributed by atoms with van der Waals surface area (Å²) < 4.78 is 0. The molecular weight excluding hydrogens is 206 g/mol. The van der Waals surface area contributed by atoms with E-state index in [2.05, 4.69) is 0 Å². The molecule has 0 heterocycles. The van der Waals surface area contributed by atoms with Crippen molar-refractivity contribution in [3.8, 4) is 0 Å². The Bertz CT molecular complexity index is 375. The van der Waals surface area contributed by atoms with Crippen molar-refractivity contribution < 1.29 is 9.72 Å². The van der Waals surface area contributed by atoms with Gasteiger partial charge in [0.2, 0.25) is 6.04 Å². The molecule has 1 aromatic rings. The summed E-state index contributed by atoms with van der Waals surface area (Å²) in [5, 5.41) is 10.8. The van der Waals surface area contributed by atoms with Gasteiger partial charge in [0.05, 0.1) is 5.92 Å². The van der Waals surface area contributed by atoms with E-state index in [1.54, 1.807) is 6.92 Å². The topological polar surface area (TPSA) is 60.2 Å². The number of ketones is 1. The Balaban J connectivity index is 2.96. The van der Waals surface area contributed by atoms with Gasteiger partial charge in [-0.3, -0.25) is 10.1 Å². The number of hydrogen-bond acceptors (Lipinski definition) is 3. The molecule has 0 aliphatic heterocycles. The van der Waals surface area contributed by atoms with Crippen molar-refractivity contribution in [3.63, 3.8) is 0 Å². The molecule has 0 bridgehead atoms. The van der Waals surface area contributed by atoms with Crippen LogP contribution in [0.3, 0.4) is 0 Å². The van der Waals surface area contributed by atoms with Crippen LogP contribution in [0.4, 0.5) is 0 Å². The third kappa shape index (κ3) is 3.15. The third-order valence-electron chi connectivity index (χ3n) is 2.65. The van der Waals surface area contributed by atoms with Crippen LogP contribution in [-0.2, 0) is 4.79 Å². The fourth-order valence-corrected chi connectivity index (χ4v) is 1.72. The van der Waals surface area contributed by atoms with Gasteiger partial charge >= 0.3 is 0 Å².